The average molecular weight is 401 g/mol. The highest BCUT2D eigenvalue weighted by Crippen LogP contribution is 2.27. The number of hydrogen-bond donors (Lipinski definition) is 1. The van der Waals surface area contributed by atoms with Gasteiger partial charge in [-0.3, -0.25) is 20.2 Å². The highest BCUT2D eigenvalue weighted by atomic mass is 32.1. The van der Waals surface area contributed by atoms with Crippen molar-refractivity contribution < 1.29 is 14.5 Å². The Morgan fingerprint density at radius 3 is 2.74 bits per heavy atom. The Balaban J connectivity index is 1.61. The van der Waals surface area contributed by atoms with Gasteiger partial charge >= 0.3 is 5.00 Å². The predicted molar refractivity (Wildman–Crippen MR) is 107 cm³/mol. The van der Waals surface area contributed by atoms with Gasteiger partial charge in [0.25, 0.3) is 0 Å². The summed E-state index contributed by atoms with van der Waals surface area (Å²) in [5, 5.41) is 15.7. The number of thiazole rings is 1. The molecule has 0 fully saturated rings. The molecule has 1 N–H and O–H groups in total. The molecule has 0 radical (unpaired) electrons. The number of carbonyl (C=O) groups is 1. The van der Waals surface area contributed by atoms with E-state index in [9.17, 15) is 14.9 Å². The van der Waals surface area contributed by atoms with Gasteiger partial charge in [-0.15, -0.1) is 11.3 Å². The lowest BCUT2D eigenvalue weighted by atomic mass is 10.2. The third kappa shape index (κ3) is 4.99. The number of ether oxygens (including phenoxy) is 1. The number of hydrogen-bond acceptors (Lipinski definition) is 7. The molecule has 1 amide bonds. The highest BCUT2D eigenvalue weighted by molar-refractivity contribution is 7.16. The van der Waals surface area contributed by atoms with Crippen molar-refractivity contribution in [2.24, 2.45) is 0 Å². The van der Waals surface area contributed by atoms with E-state index in [2.05, 4.69) is 10.3 Å². The van der Waals surface area contributed by atoms with Crippen LogP contribution in [0.25, 0.3) is 17.3 Å². The van der Waals surface area contributed by atoms with Crippen LogP contribution in [-0.4, -0.2) is 22.4 Å². The molecule has 3 aromatic rings. The third-order valence-electron chi connectivity index (χ3n) is 3.39. The monoisotopic (exact) mass is 401 g/mol. The van der Waals surface area contributed by atoms with Crippen LogP contribution in [0.4, 0.5) is 10.1 Å². The van der Waals surface area contributed by atoms with Gasteiger partial charge in [-0.1, -0.05) is 11.3 Å². The second-order valence-electron chi connectivity index (χ2n) is 5.25. The Morgan fingerprint density at radius 2 is 2.07 bits per heavy atom. The largest absolute Gasteiger partial charge is 0.494 e. The number of aromatic nitrogens is 1. The van der Waals surface area contributed by atoms with E-state index in [1.807, 2.05) is 36.6 Å². The molecule has 0 aliphatic heterocycles. The smallest absolute Gasteiger partial charge is 0.324 e. The first-order chi connectivity index (χ1) is 13.0. The van der Waals surface area contributed by atoms with E-state index < -0.39 is 4.92 Å². The van der Waals surface area contributed by atoms with E-state index in [0.29, 0.717) is 16.6 Å². The highest BCUT2D eigenvalue weighted by Gasteiger charge is 2.09. The molecule has 0 spiro atoms. The Hall–Kier alpha value is -3.04. The molecule has 7 nitrogen and oxygen atoms in total. The molecule has 0 saturated heterocycles. The second kappa shape index (κ2) is 8.56. The molecule has 0 saturated carbocycles. The van der Waals surface area contributed by atoms with Crippen LogP contribution in [0.5, 0.6) is 5.75 Å². The van der Waals surface area contributed by atoms with Crippen molar-refractivity contribution >= 4 is 44.8 Å². The van der Waals surface area contributed by atoms with Gasteiger partial charge in [0.05, 0.1) is 17.2 Å². The van der Waals surface area contributed by atoms with Gasteiger partial charge in [0.1, 0.15) is 5.75 Å². The quantitative estimate of drug-likeness (QED) is 0.348. The maximum Gasteiger partial charge on any atom is 0.324 e. The molecule has 138 valence electrons. The topological polar surface area (TPSA) is 94.4 Å². The van der Waals surface area contributed by atoms with Crippen molar-refractivity contribution in [3.8, 4) is 17.0 Å². The first-order valence-corrected chi connectivity index (χ1v) is 9.67. The lowest BCUT2D eigenvalue weighted by Crippen LogP contribution is -2.07. The van der Waals surface area contributed by atoms with Crippen LogP contribution in [0.15, 0.2) is 47.9 Å². The normalized spacial score (nSPS) is 10.9. The van der Waals surface area contributed by atoms with Crippen molar-refractivity contribution in [3.63, 3.8) is 0 Å². The number of anilines is 1. The zero-order chi connectivity index (χ0) is 19.2. The summed E-state index contributed by atoms with van der Waals surface area (Å²) in [6, 6.07) is 10.6. The summed E-state index contributed by atoms with van der Waals surface area (Å²) < 4.78 is 5.41. The van der Waals surface area contributed by atoms with Crippen LogP contribution in [0.3, 0.4) is 0 Å². The Bertz CT molecular complexity index is 977. The van der Waals surface area contributed by atoms with Gasteiger partial charge in [-0.2, -0.15) is 0 Å². The van der Waals surface area contributed by atoms with Crippen molar-refractivity contribution in [1.82, 2.24) is 4.98 Å². The lowest BCUT2D eigenvalue weighted by molar-refractivity contribution is -0.380. The number of amides is 1. The maximum atomic E-state index is 12.0. The number of thiophene rings is 1. The van der Waals surface area contributed by atoms with E-state index in [1.165, 1.54) is 29.6 Å². The maximum absolute atomic E-state index is 12.0. The summed E-state index contributed by atoms with van der Waals surface area (Å²) in [5.74, 6) is 0.447. The van der Waals surface area contributed by atoms with Crippen LogP contribution in [0.1, 0.15) is 11.8 Å². The molecule has 1 aromatic carbocycles. The summed E-state index contributed by atoms with van der Waals surface area (Å²) in [4.78, 5) is 27.3. The van der Waals surface area contributed by atoms with Gasteiger partial charge in [0, 0.05) is 28.0 Å². The molecule has 0 unspecified atom stereocenters. The number of nitrogens with zero attached hydrogens (tertiary/aromatic N) is 2. The minimum absolute atomic E-state index is 0.0370. The number of carbonyl (C=O) groups excluding carboxylic acids is 1. The van der Waals surface area contributed by atoms with Gasteiger partial charge < -0.3 is 4.74 Å². The van der Waals surface area contributed by atoms with Crippen LogP contribution in [0.2, 0.25) is 0 Å². The van der Waals surface area contributed by atoms with Gasteiger partial charge in [-0.25, -0.2) is 4.98 Å². The van der Waals surface area contributed by atoms with Crippen molar-refractivity contribution in [3.05, 3.63) is 62.8 Å². The summed E-state index contributed by atoms with van der Waals surface area (Å²) in [6.45, 7) is 2.54. The van der Waals surface area contributed by atoms with Crippen molar-refractivity contribution in [2.75, 3.05) is 11.9 Å². The van der Waals surface area contributed by atoms with Gasteiger partial charge in [-0.05, 0) is 43.3 Å². The SMILES string of the molecule is CCOc1ccc(-c2csc(NC(=O)/C=C/c3ccc([N+](=O)[O-])s3)n2)cc1. The Morgan fingerprint density at radius 1 is 1.30 bits per heavy atom. The fraction of sp³-hybridized carbons (Fsp3) is 0.111. The number of nitrogens with one attached hydrogen (secondary N) is 1. The fourth-order valence-corrected chi connectivity index (χ4v) is 3.63. The average Bonchev–Trinajstić information content (AvgIpc) is 3.30. The molecule has 0 atom stereocenters. The standard InChI is InChI=1S/C18H15N3O4S2/c1-2-25-13-5-3-12(4-6-13)15-11-26-18(19-15)20-16(22)9-7-14-8-10-17(27-14)21(23)24/h3-11H,2H2,1H3,(H,19,20,22)/b9-7+. The number of benzene rings is 1. The van der Waals surface area contributed by atoms with E-state index in [4.69, 9.17) is 4.74 Å². The van der Waals surface area contributed by atoms with Crippen LogP contribution in [0, 0.1) is 10.1 Å². The first kappa shape index (κ1) is 18.7. The second-order valence-corrected chi connectivity index (χ2v) is 7.20. The van der Waals surface area contributed by atoms with Gasteiger partial charge in [0.15, 0.2) is 5.13 Å². The minimum atomic E-state index is -0.458. The molecular formula is C18H15N3O4S2. The first-order valence-electron chi connectivity index (χ1n) is 7.97. The summed E-state index contributed by atoms with van der Waals surface area (Å²) in [5.41, 5.74) is 1.69. The fourth-order valence-electron chi connectivity index (χ4n) is 2.19. The summed E-state index contributed by atoms with van der Waals surface area (Å²) in [7, 11) is 0. The molecule has 0 bridgehead atoms. The summed E-state index contributed by atoms with van der Waals surface area (Å²) in [6.07, 6.45) is 2.86. The van der Waals surface area contributed by atoms with Gasteiger partial charge in [0.2, 0.25) is 5.91 Å². The zero-order valence-corrected chi connectivity index (χ0v) is 15.9. The molecular weight excluding hydrogens is 386 g/mol. The zero-order valence-electron chi connectivity index (χ0n) is 14.2. The van der Waals surface area contributed by atoms with E-state index in [0.717, 1.165) is 28.3 Å². The van der Waals surface area contributed by atoms with E-state index in [1.54, 1.807) is 6.07 Å². The van der Waals surface area contributed by atoms with Crippen LogP contribution < -0.4 is 10.1 Å². The summed E-state index contributed by atoms with van der Waals surface area (Å²) >= 11 is 2.33. The van der Waals surface area contributed by atoms with Crippen molar-refractivity contribution in [1.29, 1.82) is 0 Å². The predicted octanol–water partition coefficient (Wildman–Crippen LogP) is 4.83. The molecule has 9 heteroatoms. The molecule has 2 heterocycles. The number of rotatable bonds is 7. The van der Waals surface area contributed by atoms with E-state index >= 15 is 0 Å². The minimum Gasteiger partial charge on any atom is -0.494 e. The molecule has 27 heavy (non-hydrogen) atoms. The Kier molecular flexibility index (Phi) is 5.94. The van der Waals surface area contributed by atoms with Crippen LogP contribution >= 0.6 is 22.7 Å². The Labute approximate surface area is 163 Å². The molecule has 2 aromatic heterocycles. The molecule has 3 rings (SSSR count). The third-order valence-corrected chi connectivity index (χ3v) is 5.15. The molecule has 0 aliphatic carbocycles. The van der Waals surface area contributed by atoms with Crippen molar-refractivity contribution in [2.45, 2.75) is 6.92 Å². The number of nitro groups is 1. The molecule has 0 aliphatic rings. The lowest BCUT2D eigenvalue weighted by Gasteiger charge is -2.03. The van der Waals surface area contributed by atoms with E-state index in [-0.39, 0.29) is 10.9 Å². The van der Waals surface area contributed by atoms with Crippen LogP contribution in [-0.2, 0) is 4.79 Å².